The minimum atomic E-state index is -0.444. The van der Waals surface area contributed by atoms with Gasteiger partial charge in [0.1, 0.15) is 0 Å². The van der Waals surface area contributed by atoms with Crippen molar-refractivity contribution in [2.45, 2.75) is 43.8 Å². The van der Waals surface area contributed by atoms with E-state index in [0.717, 1.165) is 23.7 Å². The van der Waals surface area contributed by atoms with Crippen molar-refractivity contribution in [2.24, 2.45) is 5.73 Å². The van der Waals surface area contributed by atoms with Crippen LogP contribution < -0.4 is 5.73 Å². The molecule has 0 radical (unpaired) electrons. The van der Waals surface area contributed by atoms with Gasteiger partial charge in [0.25, 0.3) is 5.91 Å². The van der Waals surface area contributed by atoms with Gasteiger partial charge in [0.15, 0.2) is 5.69 Å². The van der Waals surface area contributed by atoms with E-state index in [-0.39, 0.29) is 0 Å². The molecule has 4 rings (SSSR count). The summed E-state index contributed by atoms with van der Waals surface area (Å²) in [6, 6.07) is 9.56. The molecule has 2 unspecified atom stereocenters. The van der Waals surface area contributed by atoms with Crippen molar-refractivity contribution in [1.29, 1.82) is 0 Å². The molecule has 2 aromatic rings. The summed E-state index contributed by atoms with van der Waals surface area (Å²) in [5.41, 5.74) is 6.92. The molecule has 2 N–H and O–H groups in total. The molecule has 2 saturated heterocycles. The minimum absolute atomic E-state index is 0.372. The molecular formula is C16H20N4O. The van der Waals surface area contributed by atoms with Crippen molar-refractivity contribution < 1.29 is 4.79 Å². The zero-order chi connectivity index (χ0) is 14.6. The number of rotatable bonds is 2. The summed E-state index contributed by atoms with van der Waals surface area (Å²) < 4.78 is 2.05. The predicted molar refractivity (Wildman–Crippen MR) is 81.1 cm³/mol. The van der Waals surface area contributed by atoms with Crippen molar-refractivity contribution in [3.8, 4) is 0 Å². The quantitative estimate of drug-likeness (QED) is 0.916. The van der Waals surface area contributed by atoms with Crippen LogP contribution >= 0.6 is 0 Å². The van der Waals surface area contributed by atoms with Gasteiger partial charge in [0, 0.05) is 17.5 Å². The second kappa shape index (κ2) is 4.56. The number of primary amides is 1. The zero-order valence-electron chi connectivity index (χ0n) is 12.2. The van der Waals surface area contributed by atoms with Gasteiger partial charge in [0.05, 0.1) is 11.6 Å². The van der Waals surface area contributed by atoms with E-state index in [9.17, 15) is 4.79 Å². The predicted octanol–water partition coefficient (Wildman–Crippen LogP) is 1.93. The number of aromatic nitrogens is 2. The number of amides is 1. The van der Waals surface area contributed by atoms with Crippen LogP contribution in [0.25, 0.3) is 10.9 Å². The van der Waals surface area contributed by atoms with Crippen LogP contribution in [-0.4, -0.2) is 39.7 Å². The van der Waals surface area contributed by atoms with E-state index in [0.29, 0.717) is 23.8 Å². The standard InChI is InChI=1S/C16H20N4O/c1-19-10-6-7-11(19)9-12(8-10)20-14-5-3-2-4-13(14)15(18-20)16(17)21/h2-5,10-12H,6-9H2,1H3,(H2,17,21)/t10-,11?,12?/m1/s1. The Labute approximate surface area is 123 Å². The monoisotopic (exact) mass is 284 g/mol. The van der Waals surface area contributed by atoms with E-state index in [1.165, 1.54) is 12.8 Å². The Hall–Kier alpha value is -1.88. The van der Waals surface area contributed by atoms with E-state index in [2.05, 4.69) is 17.0 Å². The van der Waals surface area contributed by atoms with Gasteiger partial charge in [0.2, 0.25) is 0 Å². The second-order valence-electron chi connectivity index (χ2n) is 6.35. The fourth-order valence-electron chi connectivity index (χ4n) is 4.13. The molecular weight excluding hydrogens is 264 g/mol. The average Bonchev–Trinajstić information content (AvgIpc) is 2.93. The molecule has 21 heavy (non-hydrogen) atoms. The van der Waals surface area contributed by atoms with Crippen molar-refractivity contribution in [2.75, 3.05) is 7.05 Å². The number of hydrogen-bond donors (Lipinski definition) is 1. The topological polar surface area (TPSA) is 64.2 Å². The van der Waals surface area contributed by atoms with Gasteiger partial charge in [-0.1, -0.05) is 18.2 Å². The Morgan fingerprint density at radius 1 is 1.19 bits per heavy atom. The summed E-state index contributed by atoms with van der Waals surface area (Å²) in [4.78, 5) is 14.2. The number of nitrogens with zero attached hydrogens (tertiary/aromatic N) is 3. The maximum Gasteiger partial charge on any atom is 0.269 e. The lowest BCUT2D eigenvalue weighted by Crippen LogP contribution is -2.40. The molecule has 2 bridgehead atoms. The van der Waals surface area contributed by atoms with Crippen LogP contribution in [0.2, 0.25) is 0 Å². The summed E-state index contributed by atoms with van der Waals surface area (Å²) >= 11 is 0. The Kier molecular flexibility index (Phi) is 2.79. The van der Waals surface area contributed by atoms with Gasteiger partial charge in [-0.05, 0) is 38.8 Å². The van der Waals surface area contributed by atoms with Gasteiger partial charge in [-0.15, -0.1) is 0 Å². The molecule has 0 spiro atoms. The number of benzene rings is 1. The van der Waals surface area contributed by atoms with E-state index >= 15 is 0 Å². The Morgan fingerprint density at radius 2 is 1.86 bits per heavy atom. The van der Waals surface area contributed by atoms with Crippen molar-refractivity contribution in [3.63, 3.8) is 0 Å². The highest BCUT2D eigenvalue weighted by Crippen LogP contribution is 2.40. The van der Waals surface area contributed by atoms with Gasteiger partial charge in [-0.3, -0.25) is 9.48 Å². The van der Waals surface area contributed by atoms with E-state index < -0.39 is 5.91 Å². The van der Waals surface area contributed by atoms with E-state index in [1.807, 2.05) is 28.9 Å². The third-order valence-corrected chi connectivity index (χ3v) is 5.27. The SMILES string of the molecule is CN1C2CC[C@@H]1CC(n1nc(C(N)=O)c3ccccc31)C2. The Morgan fingerprint density at radius 3 is 2.52 bits per heavy atom. The highest BCUT2D eigenvalue weighted by Gasteiger charge is 2.39. The summed E-state index contributed by atoms with van der Waals surface area (Å²) in [6.45, 7) is 0. The van der Waals surface area contributed by atoms with Gasteiger partial charge in [-0.2, -0.15) is 5.10 Å². The first-order chi connectivity index (χ1) is 10.1. The number of para-hydroxylation sites is 1. The molecule has 5 heteroatoms. The summed E-state index contributed by atoms with van der Waals surface area (Å²) in [5, 5.41) is 5.43. The van der Waals surface area contributed by atoms with Crippen LogP contribution in [0.15, 0.2) is 24.3 Å². The third-order valence-electron chi connectivity index (χ3n) is 5.27. The number of hydrogen-bond acceptors (Lipinski definition) is 3. The molecule has 1 aromatic heterocycles. The fourth-order valence-corrected chi connectivity index (χ4v) is 4.13. The van der Waals surface area contributed by atoms with Crippen LogP contribution in [0.1, 0.15) is 42.2 Å². The molecule has 110 valence electrons. The molecule has 1 aromatic carbocycles. The van der Waals surface area contributed by atoms with Crippen molar-refractivity contribution in [1.82, 2.24) is 14.7 Å². The number of fused-ring (bicyclic) bond motifs is 3. The van der Waals surface area contributed by atoms with Crippen LogP contribution in [0.4, 0.5) is 0 Å². The van der Waals surface area contributed by atoms with Crippen LogP contribution in [-0.2, 0) is 0 Å². The lowest BCUT2D eigenvalue weighted by molar-refractivity contribution is 0.0993. The third kappa shape index (κ3) is 1.87. The maximum atomic E-state index is 11.6. The molecule has 1 amide bonds. The number of piperidine rings is 1. The highest BCUT2D eigenvalue weighted by atomic mass is 16.1. The molecule has 3 heterocycles. The smallest absolute Gasteiger partial charge is 0.269 e. The first-order valence-electron chi connectivity index (χ1n) is 7.64. The lowest BCUT2D eigenvalue weighted by atomic mass is 9.98. The first-order valence-corrected chi connectivity index (χ1v) is 7.64. The molecule has 2 fully saturated rings. The van der Waals surface area contributed by atoms with Gasteiger partial charge >= 0.3 is 0 Å². The average molecular weight is 284 g/mol. The van der Waals surface area contributed by atoms with E-state index in [1.54, 1.807) is 0 Å². The van der Waals surface area contributed by atoms with Crippen molar-refractivity contribution >= 4 is 16.8 Å². The number of nitrogens with two attached hydrogens (primary N) is 1. The molecule has 2 aliphatic rings. The molecule has 2 aliphatic heterocycles. The fraction of sp³-hybridized carbons (Fsp3) is 0.500. The van der Waals surface area contributed by atoms with Gasteiger partial charge in [-0.25, -0.2) is 0 Å². The van der Waals surface area contributed by atoms with Crippen LogP contribution in [0, 0.1) is 0 Å². The molecule has 0 aliphatic carbocycles. The van der Waals surface area contributed by atoms with E-state index in [4.69, 9.17) is 5.73 Å². The molecule has 0 saturated carbocycles. The molecule has 3 atom stereocenters. The number of carbonyl (C=O) groups excluding carboxylic acids is 1. The van der Waals surface area contributed by atoms with Gasteiger partial charge < -0.3 is 10.6 Å². The normalized spacial score (nSPS) is 29.1. The maximum absolute atomic E-state index is 11.6. The molecule has 5 nitrogen and oxygen atoms in total. The summed E-state index contributed by atoms with van der Waals surface area (Å²) in [7, 11) is 2.23. The largest absolute Gasteiger partial charge is 0.364 e. The first kappa shape index (κ1) is 12.8. The van der Waals surface area contributed by atoms with Crippen LogP contribution in [0.5, 0.6) is 0 Å². The summed E-state index contributed by atoms with van der Waals surface area (Å²) in [6.07, 6.45) is 4.77. The zero-order valence-corrected chi connectivity index (χ0v) is 12.2. The Balaban J connectivity index is 1.79. The van der Waals surface area contributed by atoms with Crippen molar-refractivity contribution in [3.05, 3.63) is 30.0 Å². The minimum Gasteiger partial charge on any atom is -0.364 e. The number of carbonyl (C=O) groups is 1. The second-order valence-corrected chi connectivity index (χ2v) is 6.35. The summed E-state index contributed by atoms with van der Waals surface area (Å²) in [5.74, 6) is -0.444. The highest BCUT2D eigenvalue weighted by molar-refractivity contribution is 6.04. The Bertz CT molecular complexity index is 693. The van der Waals surface area contributed by atoms with Crippen LogP contribution in [0.3, 0.4) is 0 Å². The lowest BCUT2D eigenvalue weighted by Gasteiger charge is -2.36.